The summed E-state index contributed by atoms with van der Waals surface area (Å²) in [6.07, 6.45) is 1.64. The van der Waals surface area contributed by atoms with Crippen LogP contribution < -0.4 is 14.2 Å². The van der Waals surface area contributed by atoms with Crippen molar-refractivity contribution in [1.29, 1.82) is 0 Å². The van der Waals surface area contributed by atoms with Crippen LogP contribution in [0.1, 0.15) is 11.1 Å². The number of ether oxygens (including phenoxy) is 3. The summed E-state index contributed by atoms with van der Waals surface area (Å²) in [7, 11) is 3.28. The second kappa shape index (κ2) is 5.25. The predicted octanol–water partition coefficient (Wildman–Crippen LogP) is 4.25. The Labute approximate surface area is 123 Å². The molecular formula is C16H15ClO3. The molecule has 0 atom stereocenters. The molecule has 0 radical (unpaired) electrons. The standard InChI is InChI=1S/C16H15ClO3/c1-18-10-8-15(19-2)12-7-6-11-13(17)4-3-5-14(11)20-16(12)9-10/h3-5,8-9H,6-7H2,1-2H3. The number of rotatable bonds is 2. The summed E-state index contributed by atoms with van der Waals surface area (Å²) < 4.78 is 16.8. The molecule has 0 aromatic heterocycles. The van der Waals surface area contributed by atoms with E-state index in [2.05, 4.69) is 0 Å². The van der Waals surface area contributed by atoms with Gasteiger partial charge in [0.1, 0.15) is 23.0 Å². The lowest BCUT2D eigenvalue weighted by Crippen LogP contribution is -1.96. The highest BCUT2D eigenvalue weighted by molar-refractivity contribution is 6.31. The zero-order valence-electron chi connectivity index (χ0n) is 11.4. The molecule has 1 heterocycles. The molecule has 0 bridgehead atoms. The Hall–Kier alpha value is -1.87. The normalized spacial score (nSPS) is 12.8. The smallest absolute Gasteiger partial charge is 0.138 e. The lowest BCUT2D eigenvalue weighted by Gasteiger charge is -2.13. The van der Waals surface area contributed by atoms with Crippen LogP contribution in [0.3, 0.4) is 0 Å². The molecule has 2 aromatic rings. The average molecular weight is 291 g/mol. The predicted molar refractivity (Wildman–Crippen MR) is 78.5 cm³/mol. The van der Waals surface area contributed by atoms with Gasteiger partial charge in [-0.25, -0.2) is 0 Å². The van der Waals surface area contributed by atoms with Crippen molar-refractivity contribution in [2.24, 2.45) is 0 Å². The summed E-state index contributed by atoms with van der Waals surface area (Å²) in [5, 5.41) is 0.737. The molecule has 4 heteroatoms. The van der Waals surface area contributed by atoms with E-state index in [0.717, 1.165) is 46.2 Å². The molecule has 2 aromatic carbocycles. The molecule has 0 unspecified atom stereocenters. The van der Waals surface area contributed by atoms with Crippen LogP contribution in [0.4, 0.5) is 0 Å². The van der Waals surface area contributed by atoms with Gasteiger partial charge < -0.3 is 14.2 Å². The Morgan fingerprint density at radius 3 is 2.55 bits per heavy atom. The Balaban J connectivity index is 2.12. The number of hydrogen-bond acceptors (Lipinski definition) is 3. The van der Waals surface area contributed by atoms with Crippen LogP contribution in [-0.4, -0.2) is 14.2 Å². The molecule has 3 rings (SSSR count). The van der Waals surface area contributed by atoms with Crippen molar-refractivity contribution in [2.45, 2.75) is 12.8 Å². The summed E-state index contributed by atoms with van der Waals surface area (Å²) in [5.74, 6) is 3.06. The number of halogens is 1. The lowest BCUT2D eigenvalue weighted by atomic mass is 10.0. The van der Waals surface area contributed by atoms with E-state index in [4.69, 9.17) is 25.8 Å². The largest absolute Gasteiger partial charge is 0.496 e. The highest BCUT2D eigenvalue weighted by atomic mass is 35.5. The zero-order valence-corrected chi connectivity index (χ0v) is 12.2. The van der Waals surface area contributed by atoms with Gasteiger partial charge in [0.25, 0.3) is 0 Å². The fourth-order valence-corrected chi connectivity index (χ4v) is 2.74. The molecule has 0 spiro atoms. The van der Waals surface area contributed by atoms with Crippen molar-refractivity contribution in [3.8, 4) is 23.0 Å². The third kappa shape index (κ3) is 2.18. The van der Waals surface area contributed by atoms with E-state index in [0.29, 0.717) is 5.75 Å². The van der Waals surface area contributed by atoms with Crippen LogP contribution in [0.5, 0.6) is 23.0 Å². The van der Waals surface area contributed by atoms with Crippen molar-refractivity contribution in [1.82, 2.24) is 0 Å². The third-order valence-electron chi connectivity index (χ3n) is 3.52. The van der Waals surface area contributed by atoms with Gasteiger partial charge in [-0.1, -0.05) is 17.7 Å². The minimum absolute atomic E-state index is 0.714. The van der Waals surface area contributed by atoms with Crippen LogP contribution in [0.25, 0.3) is 0 Å². The number of hydrogen-bond donors (Lipinski definition) is 0. The Kier molecular flexibility index (Phi) is 3.45. The summed E-state index contributed by atoms with van der Waals surface area (Å²) in [4.78, 5) is 0. The van der Waals surface area contributed by atoms with E-state index in [1.807, 2.05) is 30.3 Å². The van der Waals surface area contributed by atoms with Gasteiger partial charge in [0, 0.05) is 28.3 Å². The molecule has 0 amide bonds. The maximum Gasteiger partial charge on any atom is 0.138 e. The van der Waals surface area contributed by atoms with Crippen LogP contribution in [0, 0.1) is 0 Å². The Bertz CT molecular complexity index is 652. The molecule has 0 N–H and O–H groups in total. The van der Waals surface area contributed by atoms with Crippen molar-refractivity contribution in [2.75, 3.05) is 14.2 Å². The van der Waals surface area contributed by atoms with Crippen LogP contribution in [0.15, 0.2) is 30.3 Å². The molecule has 20 heavy (non-hydrogen) atoms. The van der Waals surface area contributed by atoms with Crippen LogP contribution >= 0.6 is 11.6 Å². The minimum atomic E-state index is 0.714. The van der Waals surface area contributed by atoms with E-state index in [1.165, 1.54) is 0 Å². The fraction of sp³-hybridized carbons (Fsp3) is 0.250. The maximum atomic E-state index is 6.25. The lowest BCUT2D eigenvalue weighted by molar-refractivity contribution is 0.383. The van der Waals surface area contributed by atoms with Crippen LogP contribution in [0.2, 0.25) is 5.02 Å². The minimum Gasteiger partial charge on any atom is -0.496 e. The molecule has 1 aliphatic heterocycles. The van der Waals surface area contributed by atoms with Gasteiger partial charge in [-0.15, -0.1) is 0 Å². The van der Waals surface area contributed by atoms with Gasteiger partial charge in [-0.05, 0) is 25.0 Å². The van der Waals surface area contributed by atoms with Crippen molar-refractivity contribution in [3.05, 3.63) is 46.5 Å². The van der Waals surface area contributed by atoms with E-state index in [9.17, 15) is 0 Å². The summed E-state index contributed by atoms with van der Waals surface area (Å²) >= 11 is 6.25. The van der Waals surface area contributed by atoms with Crippen molar-refractivity contribution < 1.29 is 14.2 Å². The molecule has 1 aliphatic rings. The second-order valence-electron chi connectivity index (χ2n) is 4.62. The number of fused-ring (bicyclic) bond motifs is 2. The first-order valence-electron chi connectivity index (χ1n) is 6.43. The quantitative estimate of drug-likeness (QED) is 0.827. The molecule has 3 nitrogen and oxygen atoms in total. The number of methoxy groups -OCH3 is 2. The third-order valence-corrected chi connectivity index (χ3v) is 3.87. The van der Waals surface area contributed by atoms with E-state index in [1.54, 1.807) is 14.2 Å². The average Bonchev–Trinajstić information content (AvgIpc) is 2.65. The highest BCUT2D eigenvalue weighted by Crippen LogP contribution is 2.42. The first-order chi connectivity index (χ1) is 9.72. The molecule has 104 valence electrons. The molecule has 0 saturated carbocycles. The molecule has 0 aliphatic carbocycles. The van der Waals surface area contributed by atoms with E-state index < -0.39 is 0 Å². The molecule has 0 saturated heterocycles. The van der Waals surface area contributed by atoms with Gasteiger partial charge in [0.2, 0.25) is 0 Å². The number of benzene rings is 2. The van der Waals surface area contributed by atoms with E-state index in [-0.39, 0.29) is 0 Å². The zero-order chi connectivity index (χ0) is 14.1. The fourth-order valence-electron chi connectivity index (χ4n) is 2.48. The first kappa shape index (κ1) is 13.1. The van der Waals surface area contributed by atoms with Gasteiger partial charge >= 0.3 is 0 Å². The van der Waals surface area contributed by atoms with Crippen LogP contribution in [-0.2, 0) is 12.8 Å². The van der Waals surface area contributed by atoms with Crippen molar-refractivity contribution >= 4 is 11.6 Å². The second-order valence-corrected chi connectivity index (χ2v) is 5.03. The Morgan fingerprint density at radius 1 is 1.00 bits per heavy atom. The highest BCUT2D eigenvalue weighted by Gasteiger charge is 2.21. The first-order valence-corrected chi connectivity index (χ1v) is 6.81. The topological polar surface area (TPSA) is 27.7 Å². The SMILES string of the molecule is COc1cc(OC)c2c(c1)Oc1cccc(Cl)c1CC2. The van der Waals surface area contributed by atoms with Gasteiger partial charge in [-0.3, -0.25) is 0 Å². The molecule has 0 fully saturated rings. The van der Waals surface area contributed by atoms with Crippen molar-refractivity contribution in [3.63, 3.8) is 0 Å². The molecular weight excluding hydrogens is 276 g/mol. The summed E-state index contributed by atoms with van der Waals surface area (Å²) in [6, 6.07) is 9.47. The van der Waals surface area contributed by atoms with E-state index >= 15 is 0 Å². The maximum absolute atomic E-state index is 6.25. The Morgan fingerprint density at radius 2 is 1.80 bits per heavy atom. The summed E-state index contributed by atoms with van der Waals surface area (Å²) in [6.45, 7) is 0. The monoisotopic (exact) mass is 290 g/mol. The summed E-state index contributed by atoms with van der Waals surface area (Å²) in [5.41, 5.74) is 2.08. The van der Waals surface area contributed by atoms with Gasteiger partial charge in [-0.2, -0.15) is 0 Å². The van der Waals surface area contributed by atoms with Gasteiger partial charge in [0.05, 0.1) is 14.2 Å². The van der Waals surface area contributed by atoms with Gasteiger partial charge in [0.15, 0.2) is 0 Å².